The highest BCUT2D eigenvalue weighted by molar-refractivity contribution is 5.76. The number of hydrogen-bond acceptors (Lipinski definition) is 3. The highest BCUT2D eigenvalue weighted by Crippen LogP contribution is 1.81. The molecule has 0 aliphatic rings. The van der Waals surface area contributed by atoms with Gasteiger partial charge in [0.05, 0.1) is 0 Å². The Bertz CT molecular complexity index is 134. The molecule has 12 heavy (non-hydrogen) atoms. The van der Waals surface area contributed by atoms with Crippen molar-refractivity contribution in [1.29, 1.82) is 0 Å². The average molecular weight is 173 g/mol. The Morgan fingerprint density at radius 3 is 2.42 bits per heavy atom. The van der Waals surface area contributed by atoms with Gasteiger partial charge in [-0.25, -0.2) is 0 Å². The molecule has 4 nitrogen and oxygen atoms in total. The predicted octanol–water partition coefficient (Wildman–Crippen LogP) is -0.0327. The Balaban J connectivity index is 3.32. The number of nitrogens with zero attached hydrogens (tertiary/aromatic N) is 1. The topological polar surface area (TPSA) is 44.4 Å². The Morgan fingerprint density at radius 2 is 2.00 bits per heavy atom. The quantitative estimate of drug-likeness (QED) is 0.574. The van der Waals surface area contributed by atoms with Gasteiger partial charge in [0.15, 0.2) is 0 Å². The van der Waals surface area contributed by atoms with E-state index in [9.17, 15) is 4.79 Å². The summed E-state index contributed by atoms with van der Waals surface area (Å²) in [5.41, 5.74) is 3.02. The predicted molar refractivity (Wildman–Crippen MR) is 49.6 cm³/mol. The zero-order valence-corrected chi connectivity index (χ0v) is 8.35. The van der Waals surface area contributed by atoms with Crippen molar-refractivity contribution in [2.45, 2.75) is 26.3 Å². The molecule has 4 heteroatoms. The van der Waals surface area contributed by atoms with Crippen LogP contribution in [0.2, 0.25) is 0 Å². The molecule has 0 aromatic heterocycles. The summed E-state index contributed by atoms with van der Waals surface area (Å²) in [6.45, 7) is 4.60. The van der Waals surface area contributed by atoms with Crippen molar-refractivity contribution in [3.05, 3.63) is 0 Å². The van der Waals surface area contributed by atoms with E-state index in [1.165, 1.54) is 0 Å². The molecule has 0 aromatic carbocycles. The van der Waals surface area contributed by atoms with E-state index in [1.807, 2.05) is 33.0 Å². The van der Waals surface area contributed by atoms with Gasteiger partial charge < -0.3 is 5.32 Å². The summed E-state index contributed by atoms with van der Waals surface area (Å²) >= 11 is 0. The van der Waals surface area contributed by atoms with Crippen LogP contribution < -0.4 is 10.7 Å². The fourth-order valence-electron chi connectivity index (χ4n) is 0.787. The number of nitrogens with one attached hydrogen (secondary N) is 2. The zero-order chi connectivity index (χ0) is 9.56. The van der Waals surface area contributed by atoms with Crippen molar-refractivity contribution in [2.24, 2.45) is 0 Å². The fraction of sp³-hybridized carbons (Fsp3) is 0.875. The summed E-state index contributed by atoms with van der Waals surface area (Å²) in [6.07, 6.45) is 0.524. The summed E-state index contributed by atoms with van der Waals surface area (Å²) in [7, 11) is 3.81. The molecule has 72 valence electrons. The third-order valence-corrected chi connectivity index (χ3v) is 1.23. The molecule has 0 atom stereocenters. The van der Waals surface area contributed by atoms with E-state index in [4.69, 9.17) is 0 Å². The minimum atomic E-state index is 0.0966. The fourth-order valence-corrected chi connectivity index (χ4v) is 0.787. The van der Waals surface area contributed by atoms with E-state index in [0.29, 0.717) is 13.0 Å². The minimum absolute atomic E-state index is 0.0966. The second-order valence-electron chi connectivity index (χ2n) is 3.27. The number of carbonyl (C=O) groups is 1. The van der Waals surface area contributed by atoms with Crippen LogP contribution >= 0.6 is 0 Å². The van der Waals surface area contributed by atoms with Gasteiger partial charge in [0.1, 0.15) is 0 Å². The number of hydrazine groups is 1. The smallest absolute Gasteiger partial charge is 0.221 e. The second-order valence-corrected chi connectivity index (χ2v) is 3.27. The third kappa shape index (κ3) is 7.50. The first-order chi connectivity index (χ1) is 5.52. The maximum Gasteiger partial charge on any atom is 0.221 e. The number of carbonyl (C=O) groups excluding carboxylic acids is 1. The first kappa shape index (κ1) is 11.4. The van der Waals surface area contributed by atoms with Crippen LogP contribution in [0.25, 0.3) is 0 Å². The molecule has 0 aliphatic carbocycles. The SMILES string of the molecule is CC(C)NC(=O)CCNN(C)C. The van der Waals surface area contributed by atoms with Gasteiger partial charge in [-0.1, -0.05) is 0 Å². The lowest BCUT2D eigenvalue weighted by Gasteiger charge is -2.12. The van der Waals surface area contributed by atoms with Crippen LogP contribution in [0.15, 0.2) is 0 Å². The molecule has 2 N–H and O–H groups in total. The number of rotatable bonds is 5. The van der Waals surface area contributed by atoms with Crippen molar-refractivity contribution in [3.8, 4) is 0 Å². The maximum atomic E-state index is 11.1. The molecule has 0 saturated carbocycles. The molecule has 0 unspecified atom stereocenters. The van der Waals surface area contributed by atoms with Gasteiger partial charge in [-0.05, 0) is 13.8 Å². The van der Waals surface area contributed by atoms with Crippen LogP contribution in [-0.4, -0.2) is 37.6 Å². The Kier molecular flexibility index (Phi) is 5.66. The van der Waals surface area contributed by atoms with Gasteiger partial charge in [0, 0.05) is 33.1 Å². The Hall–Kier alpha value is -0.610. The van der Waals surface area contributed by atoms with Gasteiger partial charge in [0.2, 0.25) is 5.91 Å². The van der Waals surface area contributed by atoms with Crippen LogP contribution in [0.3, 0.4) is 0 Å². The second kappa shape index (κ2) is 5.97. The molecule has 0 rings (SSSR count). The summed E-state index contributed by atoms with van der Waals surface area (Å²) in [5.74, 6) is 0.0966. The van der Waals surface area contributed by atoms with E-state index < -0.39 is 0 Å². The largest absolute Gasteiger partial charge is 0.354 e. The van der Waals surface area contributed by atoms with E-state index >= 15 is 0 Å². The van der Waals surface area contributed by atoms with Gasteiger partial charge in [-0.15, -0.1) is 0 Å². The van der Waals surface area contributed by atoms with Gasteiger partial charge in [-0.2, -0.15) is 0 Å². The van der Waals surface area contributed by atoms with Crippen molar-refractivity contribution in [2.75, 3.05) is 20.6 Å². The van der Waals surface area contributed by atoms with Crippen molar-refractivity contribution in [3.63, 3.8) is 0 Å². The molecular weight excluding hydrogens is 154 g/mol. The molecule has 0 aromatic rings. The average Bonchev–Trinajstić information content (AvgIpc) is 1.84. The minimum Gasteiger partial charge on any atom is -0.354 e. The standard InChI is InChI=1S/C8H19N3O/c1-7(2)10-8(12)5-6-9-11(3)4/h7,9H,5-6H2,1-4H3,(H,10,12). The maximum absolute atomic E-state index is 11.1. The van der Waals surface area contributed by atoms with E-state index in [-0.39, 0.29) is 11.9 Å². The van der Waals surface area contributed by atoms with Gasteiger partial charge in [0.25, 0.3) is 0 Å². The number of amides is 1. The lowest BCUT2D eigenvalue weighted by Crippen LogP contribution is -2.36. The van der Waals surface area contributed by atoms with E-state index in [0.717, 1.165) is 0 Å². The lowest BCUT2D eigenvalue weighted by atomic mass is 10.3. The molecule has 1 amide bonds. The highest BCUT2D eigenvalue weighted by atomic mass is 16.1. The zero-order valence-electron chi connectivity index (χ0n) is 8.35. The molecule has 0 aliphatic heterocycles. The molecule has 0 fully saturated rings. The van der Waals surface area contributed by atoms with Crippen molar-refractivity contribution >= 4 is 5.91 Å². The molecule has 0 bridgehead atoms. The van der Waals surface area contributed by atoms with Crippen LogP contribution in [0.5, 0.6) is 0 Å². The van der Waals surface area contributed by atoms with E-state index in [1.54, 1.807) is 0 Å². The molecule has 0 spiro atoms. The first-order valence-electron chi connectivity index (χ1n) is 4.22. The van der Waals surface area contributed by atoms with Gasteiger partial charge in [-0.3, -0.25) is 15.2 Å². The van der Waals surface area contributed by atoms with E-state index in [2.05, 4.69) is 10.7 Å². The molecule has 0 heterocycles. The number of hydrogen-bond donors (Lipinski definition) is 2. The van der Waals surface area contributed by atoms with Crippen LogP contribution in [0, 0.1) is 0 Å². The molecular formula is C8H19N3O. The Labute approximate surface area is 74.3 Å². The summed E-state index contributed by atoms with van der Waals surface area (Å²) < 4.78 is 0. The lowest BCUT2D eigenvalue weighted by molar-refractivity contribution is -0.121. The summed E-state index contributed by atoms with van der Waals surface area (Å²) in [5, 5.41) is 4.65. The molecule has 0 radical (unpaired) electrons. The summed E-state index contributed by atoms with van der Waals surface area (Å²) in [6, 6.07) is 0.233. The third-order valence-electron chi connectivity index (χ3n) is 1.23. The normalized spacial score (nSPS) is 10.8. The highest BCUT2D eigenvalue weighted by Gasteiger charge is 2.01. The molecule has 0 saturated heterocycles. The first-order valence-corrected chi connectivity index (χ1v) is 4.22. The van der Waals surface area contributed by atoms with Crippen LogP contribution in [0.4, 0.5) is 0 Å². The monoisotopic (exact) mass is 173 g/mol. The van der Waals surface area contributed by atoms with Crippen LogP contribution in [-0.2, 0) is 4.79 Å². The van der Waals surface area contributed by atoms with Crippen molar-refractivity contribution < 1.29 is 4.79 Å². The van der Waals surface area contributed by atoms with Crippen LogP contribution in [0.1, 0.15) is 20.3 Å². The van der Waals surface area contributed by atoms with Gasteiger partial charge >= 0.3 is 0 Å². The van der Waals surface area contributed by atoms with Crippen molar-refractivity contribution in [1.82, 2.24) is 15.8 Å². The summed E-state index contributed by atoms with van der Waals surface area (Å²) in [4.78, 5) is 11.1. The Morgan fingerprint density at radius 1 is 1.42 bits per heavy atom.